The molecule has 3 aromatic carbocycles. The monoisotopic (exact) mass is 380 g/mol. The van der Waals surface area contributed by atoms with Crippen LogP contribution in [0.5, 0.6) is 23.0 Å². The third-order valence-corrected chi connectivity index (χ3v) is 4.00. The topological polar surface area (TPSA) is 89.4 Å². The van der Waals surface area contributed by atoms with Crippen molar-refractivity contribution < 1.29 is 24.1 Å². The lowest BCUT2D eigenvalue weighted by atomic mass is 10.1. The number of hydrogen-bond donors (Lipinski definition) is 2. The van der Waals surface area contributed by atoms with Crippen LogP contribution in [0, 0.1) is 0 Å². The minimum atomic E-state index is -0.401. The number of hydrogen-bond acceptors (Lipinski definition) is 6. The van der Waals surface area contributed by atoms with Crippen LogP contribution in [0.25, 0.3) is 10.8 Å². The molecule has 0 fully saturated rings. The normalized spacial score (nSPS) is 10.8. The van der Waals surface area contributed by atoms with Crippen molar-refractivity contribution in [3.05, 3.63) is 60.2 Å². The Hall–Kier alpha value is -3.74. The number of benzene rings is 3. The third kappa shape index (κ3) is 4.50. The van der Waals surface area contributed by atoms with E-state index in [0.717, 1.165) is 10.8 Å². The van der Waals surface area contributed by atoms with Crippen LogP contribution in [-0.2, 0) is 4.79 Å². The molecule has 3 rings (SSSR count). The molecule has 0 radical (unpaired) electrons. The second-order valence-corrected chi connectivity index (χ2v) is 5.86. The van der Waals surface area contributed by atoms with Crippen molar-refractivity contribution in [1.82, 2.24) is 5.43 Å². The van der Waals surface area contributed by atoms with Gasteiger partial charge in [0.1, 0.15) is 5.75 Å². The van der Waals surface area contributed by atoms with Gasteiger partial charge >= 0.3 is 0 Å². The Morgan fingerprint density at radius 1 is 1.04 bits per heavy atom. The van der Waals surface area contributed by atoms with Gasteiger partial charge in [0.2, 0.25) is 5.75 Å². The van der Waals surface area contributed by atoms with Crippen molar-refractivity contribution in [2.24, 2.45) is 5.10 Å². The number of methoxy groups -OCH3 is 2. The van der Waals surface area contributed by atoms with Crippen molar-refractivity contribution in [2.45, 2.75) is 0 Å². The highest BCUT2D eigenvalue weighted by Gasteiger charge is 2.10. The summed E-state index contributed by atoms with van der Waals surface area (Å²) in [6.07, 6.45) is 1.42. The number of nitrogens with one attached hydrogen (secondary N) is 1. The molecule has 0 aliphatic rings. The van der Waals surface area contributed by atoms with Crippen LogP contribution in [0.4, 0.5) is 0 Å². The van der Waals surface area contributed by atoms with E-state index in [1.165, 1.54) is 20.4 Å². The molecule has 7 heteroatoms. The first kappa shape index (κ1) is 19.0. The second-order valence-electron chi connectivity index (χ2n) is 5.86. The number of amides is 1. The van der Waals surface area contributed by atoms with Gasteiger partial charge in [-0.25, -0.2) is 5.43 Å². The molecule has 0 aliphatic carbocycles. The number of ether oxygens (including phenoxy) is 3. The van der Waals surface area contributed by atoms with Crippen LogP contribution in [0.1, 0.15) is 5.56 Å². The molecule has 2 N–H and O–H groups in total. The van der Waals surface area contributed by atoms with Crippen molar-refractivity contribution in [3.8, 4) is 23.0 Å². The minimum absolute atomic E-state index is 0.102. The molecule has 0 bridgehead atoms. The zero-order chi connectivity index (χ0) is 19.9. The predicted molar refractivity (Wildman–Crippen MR) is 106 cm³/mol. The van der Waals surface area contributed by atoms with Crippen LogP contribution in [0.15, 0.2) is 59.7 Å². The molecule has 1 amide bonds. The molecule has 3 aromatic rings. The molecule has 0 spiro atoms. The molecule has 0 saturated carbocycles. The summed E-state index contributed by atoms with van der Waals surface area (Å²) in [5.74, 6) is 0.585. The second kappa shape index (κ2) is 8.77. The zero-order valence-electron chi connectivity index (χ0n) is 15.5. The highest BCUT2D eigenvalue weighted by molar-refractivity contribution is 5.85. The smallest absolute Gasteiger partial charge is 0.277 e. The SMILES string of the molecule is COc1cc(/C=N\NC(=O)COc2ccc3ccccc3c2)cc(OC)c1O. The number of carbonyl (C=O) groups excluding carboxylic acids is 1. The van der Waals surface area contributed by atoms with Gasteiger partial charge in [-0.2, -0.15) is 5.10 Å². The Morgan fingerprint density at radius 2 is 1.71 bits per heavy atom. The Balaban J connectivity index is 1.57. The fraction of sp³-hybridized carbons (Fsp3) is 0.143. The molecule has 7 nitrogen and oxygen atoms in total. The van der Waals surface area contributed by atoms with E-state index in [0.29, 0.717) is 11.3 Å². The summed E-state index contributed by atoms with van der Waals surface area (Å²) >= 11 is 0. The van der Waals surface area contributed by atoms with Gasteiger partial charge in [-0.05, 0) is 35.0 Å². The summed E-state index contributed by atoms with van der Waals surface area (Å²) in [6, 6.07) is 16.7. The van der Waals surface area contributed by atoms with E-state index in [1.54, 1.807) is 12.1 Å². The first-order valence-corrected chi connectivity index (χ1v) is 8.49. The van der Waals surface area contributed by atoms with Crippen molar-refractivity contribution >= 4 is 22.9 Å². The van der Waals surface area contributed by atoms with Gasteiger partial charge in [-0.1, -0.05) is 30.3 Å². The molecule has 0 atom stereocenters. The number of phenolic OH excluding ortho intramolecular Hbond substituents is 1. The van der Waals surface area contributed by atoms with Gasteiger partial charge in [0.15, 0.2) is 18.1 Å². The largest absolute Gasteiger partial charge is 0.502 e. The maximum Gasteiger partial charge on any atom is 0.277 e. The number of hydrazone groups is 1. The summed E-state index contributed by atoms with van der Waals surface area (Å²) in [4.78, 5) is 11.9. The maximum atomic E-state index is 11.9. The summed E-state index contributed by atoms with van der Waals surface area (Å²) < 4.78 is 15.7. The minimum Gasteiger partial charge on any atom is -0.502 e. The van der Waals surface area contributed by atoms with Crippen LogP contribution >= 0.6 is 0 Å². The highest BCUT2D eigenvalue weighted by Crippen LogP contribution is 2.36. The molecule has 0 unspecified atom stereocenters. The molecule has 0 aliphatic heterocycles. The Bertz CT molecular complexity index is 992. The molecule has 28 heavy (non-hydrogen) atoms. The standard InChI is InChI=1S/C21H20N2O5/c1-26-18-9-14(10-19(27-2)21(18)25)12-22-23-20(24)13-28-17-8-7-15-5-3-4-6-16(15)11-17/h3-12,25H,13H2,1-2H3,(H,23,24)/b22-12-. The van der Waals surface area contributed by atoms with E-state index in [1.807, 2.05) is 42.5 Å². The van der Waals surface area contributed by atoms with E-state index in [9.17, 15) is 9.90 Å². The van der Waals surface area contributed by atoms with Crippen LogP contribution in [0.3, 0.4) is 0 Å². The van der Waals surface area contributed by atoms with Crippen molar-refractivity contribution in [3.63, 3.8) is 0 Å². The van der Waals surface area contributed by atoms with E-state index in [4.69, 9.17) is 14.2 Å². The quantitative estimate of drug-likeness (QED) is 0.486. The fourth-order valence-corrected chi connectivity index (χ4v) is 2.61. The number of fused-ring (bicyclic) bond motifs is 1. The Labute approximate surface area is 162 Å². The van der Waals surface area contributed by atoms with Crippen molar-refractivity contribution in [2.75, 3.05) is 20.8 Å². The average molecular weight is 380 g/mol. The van der Waals surface area contributed by atoms with Crippen LogP contribution in [0.2, 0.25) is 0 Å². The zero-order valence-corrected chi connectivity index (χ0v) is 15.5. The molecular formula is C21H20N2O5. The van der Waals surface area contributed by atoms with E-state index in [-0.39, 0.29) is 23.9 Å². The number of phenols is 1. The number of carbonyl (C=O) groups is 1. The van der Waals surface area contributed by atoms with Gasteiger partial charge in [-0.3, -0.25) is 4.79 Å². The Morgan fingerprint density at radius 3 is 2.39 bits per heavy atom. The summed E-state index contributed by atoms with van der Waals surface area (Å²) in [5, 5.41) is 15.9. The van der Waals surface area contributed by atoms with Gasteiger partial charge in [0.05, 0.1) is 20.4 Å². The van der Waals surface area contributed by atoms with E-state index >= 15 is 0 Å². The summed E-state index contributed by atoms with van der Waals surface area (Å²) in [7, 11) is 2.86. The average Bonchev–Trinajstić information content (AvgIpc) is 2.73. The van der Waals surface area contributed by atoms with E-state index < -0.39 is 5.91 Å². The maximum absolute atomic E-state index is 11.9. The molecule has 144 valence electrons. The Kier molecular flexibility index (Phi) is 5.96. The number of nitrogens with zero attached hydrogens (tertiary/aromatic N) is 1. The van der Waals surface area contributed by atoms with Gasteiger partial charge < -0.3 is 19.3 Å². The van der Waals surface area contributed by atoms with Crippen molar-refractivity contribution in [1.29, 1.82) is 0 Å². The first-order valence-electron chi connectivity index (χ1n) is 8.49. The summed E-state index contributed by atoms with van der Waals surface area (Å²) in [6.45, 7) is -0.169. The third-order valence-electron chi connectivity index (χ3n) is 4.00. The lowest BCUT2D eigenvalue weighted by molar-refractivity contribution is -0.123. The van der Waals surface area contributed by atoms with Gasteiger partial charge in [-0.15, -0.1) is 0 Å². The fourth-order valence-electron chi connectivity index (χ4n) is 2.61. The lowest BCUT2D eigenvalue weighted by Crippen LogP contribution is -2.24. The summed E-state index contributed by atoms with van der Waals surface area (Å²) in [5.41, 5.74) is 2.97. The highest BCUT2D eigenvalue weighted by atomic mass is 16.5. The van der Waals surface area contributed by atoms with E-state index in [2.05, 4.69) is 10.5 Å². The van der Waals surface area contributed by atoms with Gasteiger partial charge in [0, 0.05) is 5.56 Å². The molecule has 0 aromatic heterocycles. The lowest BCUT2D eigenvalue weighted by Gasteiger charge is -2.09. The number of aromatic hydroxyl groups is 1. The molecular weight excluding hydrogens is 360 g/mol. The molecule has 0 saturated heterocycles. The van der Waals surface area contributed by atoms with Crippen LogP contribution in [-0.4, -0.2) is 38.1 Å². The van der Waals surface area contributed by atoms with Gasteiger partial charge in [0.25, 0.3) is 5.91 Å². The predicted octanol–water partition coefficient (Wildman–Crippen LogP) is 3.09. The number of rotatable bonds is 7. The van der Waals surface area contributed by atoms with Crippen LogP contribution < -0.4 is 19.6 Å². The molecule has 0 heterocycles. The first-order chi connectivity index (χ1) is 13.6.